The molecule has 0 saturated heterocycles. The standard InChI is InChI=1S/C17H12ClF2N3O3S/c18-10-5-3-7-12(14(10)27-16(19)20)21-13(24)8-23-15(25)9-4-1-2-6-11(9)22-17(23)26/h1-7,16H,8H2,(H,21,24)(H,22,26). The fourth-order valence-electron chi connectivity index (χ4n) is 2.49. The Kier molecular flexibility index (Phi) is 5.62. The Hall–Kier alpha value is -2.65. The molecule has 27 heavy (non-hydrogen) atoms. The first-order chi connectivity index (χ1) is 12.9. The highest BCUT2D eigenvalue weighted by atomic mass is 35.5. The molecule has 0 radical (unpaired) electrons. The molecule has 0 aliphatic heterocycles. The summed E-state index contributed by atoms with van der Waals surface area (Å²) in [7, 11) is 0. The molecule has 0 atom stereocenters. The summed E-state index contributed by atoms with van der Waals surface area (Å²) < 4.78 is 26.2. The number of thioether (sulfide) groups is 1. The lowest BCUT2D eigenvalue weighted by Gasteiger charge is -2.12. The van der Waals surface area contributed by atoms with E-state index in [1.165, 1.54) is 24.3 Å². The van der Waals surface area contributed by atoms with Gasteiger partial charge in [0.05, 0.1) is 26.5 Å². The van der Waals surface area contributed by atoms with Crippen molar-refractivity contribution in [2.45, 2.75) is 17.2 Å². The number of carbonyl (C=O) groups is 1. The van der Waals surface area contributed by atoms with Crippen LogP contribution in [0.15, 0.2) is 56.9 Å². The molecule has 6 nitrogen and oxygen atoms in total. The lowest BCUT2D eigenvalue weighted by molar-refractivity contribution is -0.116. The van der Waals surface area contributed by atoms with E-state index in [-0.39, 0.29) is 32.8 Å². The van der Waals surface area contributed by atoms with E-state index in [1.54, 1.807) is 18.2 Å². The molecule has 140 valence electrons. The highest BCUT2D eigenvalue weighted by Gasteiger charge is 2.17. The van der Waals surface area contributed by atoms with Gasteiger partial charge in [0.15, 0.2) is 0 Å². The van der Waals surface area contributed by atoms with E-state index in [9.17, 15) is 23.2 Å². The summed E-state index contributed by atoms with van der Waals surface area (Å²) in [4.78, 5) is 39.4. The zero-order valence-corrected chi connectivity index (χ0v) is 15.1. The molecule has 0 bridgehead atoms. The van der Waals surface area contributed by atoms with Crippen molar-refractivity contribution in [2.75, 3.05) is 5.32 Å². The van der Waals surface area contributed by atoms with Crippen molar-refractivity contribution in [1.29, 1.82) is 0 Å². The Morgan fingerprint density at radius 2 is 1.93 bits per heavy atom. The summed E-state index contributed by atoms with van der Waals surface area (Å²) in [6.45, 7) is -0.579. The van der Waals surface area contributed by atoms with Gasteiger partial charge >= 0.3 is 5.69 Å². The Morgan fingerprint density at radius 1 is 1.19 bits per heavy atom. The van der Waals surface area contributed by atoms with Crippen LogP contribution in [-0.2, 0) is 11.3 Å². The zero-order valence-electron chi connectivity index (χ0n) is 13.5. The Labute approximate surface area is 160 Å². The van der Waals surface area contributed by atoms with E-state index < -0.39 is 29.5 Å². The number of rotatable bonds is 5. The van der Waals surface area contributed by atoms with Crippen LogP contribution in [0.1, 0.15) is 0 Å². The van der Waals surface area contributed by atoms with Crippen LogP contribution in [0.2, 0.25) is 5.02 Å². The van der Waals surface area contributed by atoms with Crippen molar-refractivity contribution in [3.8, 4) is 0 Å². The van der Waals surface area contributed by atoms with Crippen LogP contribution in [0.3, 0.4) is 0 Å². The van der Waals surface area contributed by atoms with Gasteiger partial charge in [-0.3, -0.25) is 14.2 Å². The SMILES string of the molecule is O=C(Cn1c(=O)[nH]c2ccccc2c1=O)Nc1cccc(Cl)c1SC(F)F. The predicted molar refractivity (Wildman–Crippen MR) is 101 cm³/mol. The number of benzene rings is 2. The quantitative estimate of drug-likeness (QED) is 0.631. The monoisotopic (exact) mass is 411 g/mol. The molecule has 1 aromatic heterocycles. The number of nitrogens with one attached hydrogen (secondary N) is 2. The molecule has 2 aromatic carbocycles. The third kappa shape index (κ3) is 4.20. The number of halogens is 3. The van der Waals surface area contributed by atoms with E-state index in [0.717, 1.165) is 4.57 Å². The fraction of sp³-hybridized carbons (Fsp3) is 0.118. The highest BCUT2D eigenvalue weighted by molar-refractivity contribution is 7.99. The summed E-state index contributed by atoms with van der Waals surface area (Å²) in [6, 6.07) is 10.7. The van der Waals surface area contributed by atoms with Crippen molar-refractivity contribution in [2.24, 2.45) is 0 Å². The Bertz CT molecular complexity index is 1130. The number of aromatic amines is 1. The Balaban J connectivity index is 1.90. The zero-order chi connectivity index (χ0) is 19.6. The van der Waals surface area contributed by atoms with Gasteiger partial charge in [-0.05, 0) is 24.3 Å². The largest absolute Gasteiger partial charge is 0.329 e. The number of hydrogen-bond donors (Lipinski definition) is 2. The number of alkyl halides is 2. The molecule has 0 fully saturated rings. The van der Waals surface area contributed by atoms with Gasteiger partial charge in [0.2, 0.25) is 5.91 Å². The number of H-pyrrole nitrogens is 1. The maximum absolute atomic E-state index is 12.7. The fourth-order valence-corrected chi connectivity index (χ4v) is 3.41. The molecule has 2 N–H and O–H groups in total. The molecule has 3 rings (SSSR count). The molecule has 1 amide bonds. The minimum atomic E-state index is -2.73. The lowest BCUT2D eigenvalue weighted by atomic mass is 10.2. The molecule has 3 aromatic rings. The van der Waals surface area contributed by atoms with Gasteiger partial charge in [0.25, 0.3) is 11.3 Å². The van der Waals surface area contributed by atoms with Crippen LogP contribution in [-0.4, -0.2) is 21.2 Å². The number of hydrogen-bond acceptors (Lipinski definition) is 4. The topological polar surface area (TPSA) is 84.0 Å². The average Bonchev–Trinajstić information content (AvgIpc) is 2.61. The van der Waals surface area contributed by atoms with Gasteiger partial charge in [0.1, 0.15) is 6.54 Å². The molecule has 0 saturated carbocycles. The first-order valence-electron chi connectivity index (χ1n) is 7.62. The van der Waals surface area contributed by atoms with Crippen LogP contribution in [0, 0.1) is 0 Å². The molecule has 0 unspecified atom stereocenters. The van der Waals surface area contributed by atoms with Crippen molar-refractivity contribution >= 4 is 45.9 Å². The number of fused-ring (bicyclic) bond motifs is 1. The van der Waals surface area contributed by atoms with Gasteiger partial charge < -0.3 is 10.3 Å². The summed E-state index contributed by atoms with van der Waals surface area (Å²) in [5, 5.41) is 2.72. The number of aromatic nitrogens is 2. The third-order valence-electron chi connectivity index (χ3n) is 3.64. The van der Waals surface area contributed by atoms with Gasteiger partial charge in [-0.25, -0.2) is 4.79 Å². The summed E-state index contributed by atoms with van der Waals surface area (Å²) in [5.74, 6) is -3.46. The van der Waals surface area contributed by atoms with Gasteiger partial charge in [-0.1, -0.05) is 41.6 Å². The van der Waals surface area contributed by atoms with Crippen LogP contribution < -0.4 is 16.6 Å². The van der Waals surface area contributed by atoms with Gasteiger partial charge in [0, 0.05) is 0 Å². The van der Waals surface area contributed by atoms with E-state index in [1.807, 2.05) is 0 Å². The van der Waals surface area contributed by atoms with Crippen LogP contribution >= 0.6 is 23.4 Å². The summed E-state index contributed by atoms with van der Waals surface area (Å²) in [6.07, 6.45) is 0. The van der Waals surface area contributed by atoms with E-state index in [0.29, 0.717) is 5.52 Å². The minimum absolute atomic E-state index is 0.00212. The average molecular weight is 412 g/mol. The third-order valence-corrected chi connectivity index (χ3v) is 4.92. The smallest absolute Gasteiger partial charge is 0.323 e. The first kappa shape index (κ1) is 19.1. The second kappa shape index (κ2) is 7.93. The highest BCUT2D eigenvalue weighted by Crippen LogP contribution is 2.37. The summed E-state index contributed by atoms with van der Waals surface area (Å²) >= 11 is 6.11. The van der Waals surface area contributed by atoms with Crippen LogP contribution in [0.5, 0.6) is 0 Å². The second-order valence-corrected chi connectivity index (χ2v) is 6.82. The van der Waals surface area contributed by atoms with E-state index >= 15 is 0 Å². The second-order valence-electron chi connectivity index (χ2n) is 5.41. The Morgan fingerprint density at radius 3 is 2.67 bits per heavy atom. The molecule has 0 aliphatic rings. The minimum Gasteiger partial charge on any atom is -0.323 e. The van der Waals surface area contributed by atoms with Crippen molar-refractivity contribution in [3.05, 3.63) is 68.3 Å². The van der Waals surface area contributed by atoms with Crippen LogP contribution in [0.25, 0.3) is 10.9 Å². The molecule has 0 spiro atoms. The van der Waals surface area contributed by atoms with E-state index in [2.05, 4.69) is 10.3 Å². The summed E-state index contributed by atoms with van der Waals surface area (Å²) in [5.41, 5.74) is -0.947. The normalized spacial score (nSPS) is 11.1. The molecular formula is C17H12ClF2N3O3S. The number of anilines is 1. The molecule has 10 heteroatoms. The number of para-hydroxylation sites is 1. The van der Waals surface area contributed by atoms with Crippen molar-refractivity contribution < 1.29 is 13.6 Å². The number of nitrogens with zero attached hydrogens (tertiary/aromatic N) is 1. The number of amides is 1. The molecular weight excluding hydrogens is 400 g/mol. The predicted octanol–water partition coefficient (Wildman–Crippen LogP) is 3.30. The maximum atomic E-state index is 12.7. The maximum Gasteiger partial charge on any atom is 0.329 e. The van der Waals surface area contributed by atoms with Crippen LogP contribution in [0.4, 0.5) is 14.5 Å². The van der Waals surface area contributed by atoms with Gasteiger partial charge in [-0.2, -0.15) is 8.78 Å². The molecule has 0 aliphatic carbocycles. The van der Waals surface area contributed by atoms with Crippen molar-refractivity contribution in [1.82, 2.24) is 9.55 Å². The van der Waals surface area contributed by atoms with Crippen molar-refractivity contribution in [3.63, 3.8) is 0 Å². The van der Waals surface area contributed by atoms with Gasteiger partial charge in [-0.15, -0.1) is 0 Å². The lowest BCUT2D eigenvalue weighted by Crippen LogP contribution is -2.38. The molecule has 1 heterocycles. The first-order valence-corrected chi connectivity index (χ1v) is 8.87. The van der Waals surface area contributed by atoms with E-state index in [4.69, 9.17) is 11.6 Å². The number of carbonyl (C=O) groups excluding carboxylic acids is 1.